The Kier molecular flexibility index (Phi) is 5.52. The van der Waals surface area contributed by atoms with Crippen LogP contribution in [0.25, 0.3) is 0 Å². The minimum absolute atomic E-state index is 0.0725. The van der Waals surface area contributed by atoms with E-state index in [-0.39, 0.29) is 23.2 Å². The highest BCUT2D eigenvalue weighted by atomic mass is 16.5. The summed E-state index contributed by atoms with van der Waals surface area (Å²) in [5, 5.41) is 3.03. The standard InChI is InChI=1S/C19H31N3O3/c1-18(2)10-14(20)11-19(3,4)22(18)17(23)21-12-13-7-8-15(24-5)16(9-13)25-6/h7-9,14H,10-12,20H2,1-6H3,(H,21,23). The Morgan fingerprint density at radius 2 is 1.72 bits per heavy atom. The lowest BCUT2D eigenvalue weighted by Gasteiger charge is -2.54. The maximum Gasteiger partial charge on any atom is 0.318 e. The second kappa shape index (κ2) is 7.12. The van der Waals surface area contributed by atoms with Crippen LogP contribution < -0.4 is 20.5 Å². The van der Waals surface area contributed by atoms with Crippen LogP contribution in [0.2, 0.25) is 0 Å². The number of nitrogens with one attached hydrogen (secondary N) is 1. The van der Waals surface area contributed by atoms with Gasteiger partial charge in [0.1, 0.15) is 0 Å². The number of urea groups is 1. The maximum absolute atomic E-state index is 12.9. The second-order valence-corrected chi connectivity index (χ2v) is 7.98. The Labute approximate surface area is 150 Å². The van der Waals surface area contributed by atoms with E-state index in [9.17, 15) is 4.79 Å². The van der Waals surface area contributed by atoms with Gasteiger partial charge in [-0.1, -0.05) is 6.07 Å². The number of carbonyl (C=O) groups is 1. The third-order valence-corrected chi connectivity index (χ3v) is 4.83. The summed E-state index contributed by atoms with van der Waals surface area (Å²) in [7, 11) is 3.20. The zero-order valence-electron chi connectivity index (χ0n) is 16.2. The molecule has 3 N–H and O–H groups in total. The van der Waals surface area contributed by atoms with Gasteiger partial charge >= 0.3 is 6.03 Å². The van der Waals surface area contributed by atoms with Crippen molar-refractivity contribution in [2.24, 2.45) is 5.73 Å². The first-order chi connectivity index (χ1) is 11.6. The molecule has 6 nitrogen and oxygen atoms in total. The first-order valence-electron chi connectivity index (χ1n) is 8.65. The lowest BCUT2D eigenvalue weighted by atomic mass is 9.77. The van der Waals surface area contributed by atoms with Crippen LogP contribution >= 0.6 is 0 Å². The topological polar surface area (TPSA) is 76.8 Å². The Balaban J connectivity index is 2.11. The highest BCUT2D eigenvalue weighted by Crippen LogP contribution is 2.37. The molecule has 1 aliphatic heterocycles. The van der Waals surface area contributed by atoms with Crippen molar-refractivity contribution in [3.8, 4) is 11.5 Å². The number of piperidine rings is 1. The Morgan fingerprint density at radius 3 is 2.24 bits per heavy atom. The fourth-order valence-corrected chi connectivity index (χ4v) is 4.15. The summed E-state index contributed by atoms with van der Waals surface area (Å²) in [6, 6.07) is 5.68. The van der Waals surface area contributed by atoms with E-state index in [1.165, 1.54) is 0 Å². The molecule has 1 aromatic rings. The van der Waals surface area contributed by atoms with Crippen molar-refractivity contribution in [2.45, 2.75) is 64.2 Å². The minimum atomic E-state index is -0.289. The Hall–Kier alpha value is -1.95. The van der Waals surface area contributed by atoms with Crippen molar-refractivity contribution in [3.63, 3.8) is 0 Å². The summed E-state index contributed by atoms with van der Waals surface area (Å²) in [5.41, 5.74) is 6.56. The second-order valence-electron chi connectivity index (χ2n) is 7.98. The van der Waals surface area contributed by atoms with Crippen molar-refractivity contribution >= 4 is 6.03 Å². The summed E-state index contributed by atoms with van der Waals surface area (Å²) in [5.74, 6) is 1.32. The van der Waals surface area contributed by atoms with Gasteiger partial charge in [0.15, 0.2) is 11.5 Å². The monoisotopic (exact) mass is 349 g/mol. The minimum Gasteiger partial charge on any atom is -0.493 e. The van der Waals surface area contributed by atoms with Gasteiger partial charge < -0.3 is 25.4 Å². The van der Waals surface area contributed by atoms with Gasteiger partial charge in [0.2, 0.25) is 0 Å². The van der Waals surface area contributed by atoms with Crippen molar-refractivity contribution in [1.29, 1.82) is 0 Å². The zero-order chi connectivity index (χ0) is 18.8. The number of ether oxygens (including phenoxy) is 2. The van der Waals surface area contributed by atoms with Gasteiger partial charge in [0, 0.05) is 23.7 Å². The van der Waals surface area contributed by atoms with Gasteiger partial charge in [-0.2, -0.15) is 0 Å². The number of carbonyl (C=O) groups excluding carboxylic acids is 1. The first kappa shape index (κ1) is 19.4. The number of methoxy groups -OCH3 is 2. The predicted molar refractivity (Wildman–Crippen MR) is 99.0 cm³/mol. The molecule has 0 saturated carbocycles. The number of likely N-dealkylation sites (tertiary alicyclic amines) is 1. The number of hydrogen-bond acceptors (Lipinski definition) is 4. The molecule has 25 heavy (non-hydrogen) atoms. The van der Waals surface area contributed by atoms with Gasteiger partial charge in [-0.3, -0.25) is 0 Å². The number of nitrogens with zero attached hydrogens (tertiary/aromatic N) is 1. The average Bonchev–Trinajstić information content (AvgIpc) is 2.49. The molecule has 2 amide bonds. The molecule has 6 heteroatoms. The zero-order valence-corrected chi connectivity index (χ0v) is 16.2. The van der Waals surface area contributed by atoms with Crippen LogP contribution in [0.4, 0.5) is 4.79 Å². The van der Waals surface area contributed by atoms with Crippen molar-refractivity contribution in [2.75, 3.05) is 14.2 Å². The lowest BCUT2D eigenvalue weighted by molar-refractivity contribution is 0.00298. The SMILES string of the molecule is COc1ccc(CNC(=O)N2C(C)(C)CC(N)CC2(C)C)cc1OC. The van der Waals surface area contributed by atoms with Gasteiger partial charge in [0.05, 0.1) is 14.2 Å². The van der Waals surface area contributed by atoms with Crippen molar-refractivity contribution in [3.05, 3.63) is 23.8 Å². The molecule has 0 atom stereocenters. The lowest BCUT2D eigenvalue weighted by Crippen LogP contribution is -2.66. The van der Waals surface area contributed by atoms with Crippen molar-refractivity contribution in [1.82, 2.24) is 10.2 Å². The summed E-state index contributed by atoms with van der Waals surface area (Å²) in [4.78, 5) is 14.8. The summed E-state index contributed by atoms with van der Waals surface area (Å²) >= 11 is 0. The number of amides is 2. The quantitative estimate of drug-likeness (QED) is 0.876. The first-order valence-corrected chi connectivity index (χ1v) is 8.65. The van der Waals surface area contributed by atoms with Crippen LogP contribution in [0.15, 0.2) is 18.2 Å². The molecule has 0 bridgehead atoms. The van der Waals surface area contributed by atoms with Crippen LogP contribution in [-0.4, -0.2) is 42.3 Å². The molecule has 0 unspecified atom stereocenters. The van der Waals surface area contributed by atoms with Crippen LogP contribution in [-0.2, 0) is 6.54 Å². The van der Waals surface area contributed by atoms with E-state index in [0.29, 0.717) is 18.0 Å². The number of hydrogen-bond donors (Lipinski definition) is 2. The van der Waals surface area contributed by atoms with Gasteiger partial charge in [-0.05, 0) is 58.2 Å². The van der Waals surface area contributed by atoms with Gasteiger partial charge in [-0.25, -0.2) is 4.79 Å². The number of nitrogens with two attached hydrogens (primary N) is 1. The van der Waals surface area contributed by atoms with E-state index in [4.69, 9.17) is 15.2 Å². The molecule has 0 spiro atoms. The van der Waals surface area contributed by atoms with E-state index in [2.05, 4.69) is 33.0 Å². The Morgan fingerprint density at radius 1 is 1.16 bits per heavy atom. The highest BCUT2D eigenvalue weighted by molar-refractivity contribution is 5.76. The largest absolute Gasteiger partial charge is 0.493 e. The fourth-order valence-electron chi connectivity index (χ4n) is 4.15. The van der Waals surface area contributed by atoms with E-state index in [1.54, 1.807) is 14.2 Å². The Bertz CT molecular complexity index is 610. The molecule has 0 aromatic heterocycles. The summed E-state index contributed by atoms with van der Waals surface area (Å²) in [6.07, 6.45) is 1.58. The molecular weight excluding hydrogens is 318 g/mol. The van der Waals surface area contributed by atoms with Gasteiger partial charge in [0.25, 0.3) is 0 Å². The summed E-state index contributed by atoms with van der Waals surface area (Å²) < 4.78 is 10.6. The van der Waals surface area contributed by atoms with Crippen LogP contribution in [0.3, 0.4) is 0 Å². The highest BCUT2D eigenvalue weighted by Gasteiger charge is 2.46. The maximum atomic E-state index is 12.9. The third-order valence-electron chi connectivity index (χ3n) is 4.83. The molecule has 0 radical (unpaired) electrons. The molecule has 2 rings (SSSR count). The third kappa shape index (κ3) is 4.18. The number of rotatable bonds is 4. The number of benzene rings is 1. The summed E-state index contributed by atoms with van der Waals surface area (Å²) in [6.45, 7) is 8.72. The molecular formula is C19H31N3O3. The molecule has 1 aliphatic rings. The molecule has 1 aromatic carbocycles. The normalized spacial score (nSPS) is 19.4. The van der Waals surface area contributed by atoms with E-state index in [1.807, 2.05) is 23.1 Å². The van der Waals surface area contributed by atoms with E-state index in [0.717, 1.165) is 18.4 Å². The molecule has 1 fully saturated rings. The average molecular weight is 349 g/mol. The van der Waals surface area contributed by atoms with E-state index < -0.39 is 0 Å². The fraction of sp³-hybridized carbons (Fsp3) is 0.632. The predicted octanol–water partition coefficient (Wildman–Crippen LogP) is 2.89. The van der Waals surface area contributed by atoms with Crippen LogP contribution in [0.5, 0.6) is 11.5 Å². The molecule has 1 saturated heterocycles. The smallest absolute Gasteiger partial charge is 0.318 e. The van der Waals surface area contributed by atoms with E-state index >= 15 is 0 Å². The molecule has 140 valence electrons. The molecule has 0 aliphatic carbocycles. The van der Waals surface area contributed by atoms with Gasteiger partial charge in [-0.15, -0.1) is 0 Å². The van der Waals surface area contributed by atoms with Crippen LogP contribution in [0, 0.1) is 0 Å². The van der Waals surface area contributed by atoms with Crippen molar-refractivity contribution < 1.29 is 14.3 Å². The van der Waals surface area contributed by atoms with Crippen LogP contribution in [0.1, 0.15) is 46.1 Å². The molecule has 1 heterocycles.